The Morgan fingerprint density at radius 1 is 1.48 bits per heavy atom. The Balaban J connectivity index is 1.99. The molecule has 1 aromatic carbocycles. The molecule has 2 heterocycles. The molecule has 1 aliphatic rings. The number of fused-ring (bicyclic) bond motifs is 1. The van der Waals surface area contributed by atoms with Gasteiger partial charge in [0.1, 0.15) is 0 Å². The van der Waals surface area contributed by atoms with Crippen molar-refractivity contribution in [2.24, 2.45) is 0 Å². The Labute approximate surface area is 124 Å². The van der Waals surface area contributed by atoms with E-state index in [1.165, 1.54) is 0 Å². The number of rotatable bonds is 2. The van der Waals surface area contributed by atoms with Crippen LogP contribution < -0.4 is 0 Å². The van der Waals surface area contributed by atoms with Crippen LogP contribution in [0.4, 0.5) is 0 Å². The minimum atomic E-state index is -0.895. The number of aliphatic hydroxyl groups is 1. The number of carbonyl (C=O) groups is 1. The normalized spacial score (nSPS) is 19.4. The van der Waals surface area contributed by atoms with Gasteiger partial charge in [0.2, 0.25) is 0 Å². The molecule has 2 aromatic rings. The van der Waals surface area contributed by atoms with Gasteiger partial charge in [0, 0.05) is 11.9 Å². The van der Waals surface area contributed by atoms with Crippen LogP contribution in [-0.2, 0) is 0 Å². The van der Waals surface area contributed by atoms with Crippen LogP contribution in [-0.4, -0.2) is 44.3 Å². The monoisotopic (exact) mass is 287 g/mol. The number of aryl methyl sites for hydroxylation is 1. The fraction of sp³-hybridized carbons (Fsp3) is 0.500. The molecule has 0 aliphatic carbocycles. The maximum Gasteiger partial charge on any atom is 0.275 e. The first-order valence-electron chi connectivity index (χ1n) is 7.36. The van der Waals surface area contributed by atoms with E-state index in [0.29, 0.717) is 12.2 Å². The van der Waals surface area contributed by atoms with Crippen LogP contribution in [0.3, 0.4) is 0 Å². The summed E-state index contributed by atoms with van der Waals surface area (Å²) in [6.07, 6.45) is 1.75. The zero-order chi connectivity index (χ0) is 15.2. The molecule has 1 aromatic heterocycles. The van der Waals surface area contributed by atoms with Crippen LogP contribution in [0.2, 0.25) is 0 Å². The van der Waals surface area contributed by atoms with Crippen LogP contribution in [0.25, 0.3) is 10.9 Å². The summed E-state index contributed by atoms with van der Waals surface area (Å²) >= 11 is 0. The number of likely N-dealkylation sites (tertiary alicyclic amines) is 1. The lowest BCUT2D eigenvalue weighted by atomic mass is 9.96. The third-order valence-electron chi connectivity index (χ3n) is 4.25. The van der Waals surface area contributed by atoms with E-state index in [1.807, 2.05) is 25.1 Å². The second-order valence-electron chi connectivity index (χ2n) is 6.43. The number of nitrogens with zero attached hydrogens (tertiary/aromatic N) is 2. The molecule has 1 aliphatic heterocycles. The molecule has 21 heavy (non-hydrogen) atoms. The highest BCUT2D eigenvalue weighted by molar-refractivity contribution is 6.05. The summed E-state index contributed by atoms with van der Waals surface area (Å²) in [5.74, 6) is -0.100. The molecule has 1 saturated heterocycles. The molecule has 112 valence electrons. The maximum atomic E-state index is 12.8. The first-order chi connectivity index (χ1) is 9.88. The van der Waals surface area contributed by atoms with Crippen molar-refractivity contribution in [1.29, 1.82) is 0 Å². The van der Waals surface area contributed by atoms with Gasteiger partial charge in [-0.3, -0.25) is 9.89 Å². The van der Waals surface area contributed by atoms with Gasteiger partial charge < -0.3 is 10.0 Å². The Hall–Kier alpha value is -1.88. The molecule has 5 heteroatoms. The third-order valence-corrected chi connectivity index (χ3v) is 4.25. The Kier molecular flexibility index (Phi) is 3.24. The van der Waals surface area contributed by atoms with E-state index in [-0.39, 0.29) is 11.9 Å². The van der Waals surface area contributed by atoms with Gasteiger partial charge in [0.25, 0.3) is 5.91 Å². The van der Waals surface area contributed by atoms with Crippen molar-refractivity contribution in [3.05, 3.63) is 29.5 Å². The zero-order valence-corrected chi connectivity index (χ0v) is 12.7. The average Bonchev–Trinajstić information content (AvgIpc) is 3.03. The van der Waals surface area contributed by atoms with E-state index in [1.54, 1.807) is 18.7 Å². The lowest BCUT2D eigenvalue weighted by Crippen LogP contribution is -2.48. The van der Waals surface area contributed by atoms with E-state index in [9.17, 15) is 9.90 Å². The number of aromatic nitrogens is 2. The van der Waals surface area contributed by atoms with Crippen molar-refractivity contribution in [2.75, 3.05) is 6.54 Å². The minimum absolute atomic E-state index is 0.100. The molecule has 1 unspecified atom stereocenters. The summed E-state index contributed by atoms with van der Waals surface area (Å²) in [5, 5.41) is 18.2. The molecule has 0 bridgehead atoms. The highest BCUT2D eigenvalue weighted by Crippen LogP contribution is 2.29. The number of aromatic amines is 1. The van der Waals surface area contributed by atoms with Gasteiger partial charge in [-0.2, -0.15) is 5.10 Å². The maximum absolute atomic E-state index is 12.8. The van der Waals surface area contributed by atoms with Crippen LogP contribution in [0, 0.1) is 6.92 Å². The zero-order valence-electron chi connectivity index (χ0n) is 12.7. The van der Waals surface area contributed by atoms with Gasteiger partial charge in [-0.25, -0.2) is 0 Å². The lowest BCUT2D eigenvalue weighted by Gasteiger charge is -2.33. The molecule has 3 rings (SSSR count). The number of hydrogen-bond acceptors (Lipinski definition) is 3. The molecular formula is C16H21N3O2. The summed E-state index contributed by atoms with van der Waals surface area (Å²) < 4.78 is 0. The van der Waals surface area contributed by atoms with Gasteiger partial charge in [0.05, 0.1) is 17.2 Å². The fourth-order valence-corrected chi connectivity index (χ4v) is 3.17. The average molecular weight is 287 g/mol. The molecule has 0 spiro atoms. The van der Waals surface area contributed by atoms with Gasteiger partial charge in [-0.05, 0) is 45.7 Å². The van der Waals surface area contributed by atoms with Crippen LogP contribution >= 0.6 is 0 Å². The number of benzene rings is 1. The predicted octanol–water partition coefficient (Wildman–Crippen LogP) is 2.25. The largest absolute Gasteiger partial charge is 0.388 e. The van der Waals surface area contributed by atoms with Crippen molar-refractivity contribution in [1.82, 2.24) is 15.1 Å². The Bertz CT molecular complexity index is 684. The topological polar surface area (TPSA) is 69.2 Å². The van der Waals surface area contributed by atoms with E-state index >= 15 is 0 Å². The molecule has 2 N–H and O–H groups in total. The highest BCUT2D eigenvalue weighted by Gasteiger charge is 2.39. The van der Waals surface area contributed by atoms with E-state index in [4.69, 9.17) is 0 Å². The summed E-state index contributed by atoms with van der Waals surface area (Å²) in [4.78, 5) is 14.6. The molecule has 1 fully saturated rings. The number of H-pyrrole nitrogens is 1. The summed E-state index contributed by atoms with van der Waals surface area (Å²) in [6, 6.07) is 5.75. The van der Waals surface area contributed by atoms with Crippen molar-refractivity contribution in [2.45, 2.75) is 45.3 Å². The van der Waals surface area contributed by atoms with E-state index < -0.39 is 5.60 Å². The van der Waals surface area contributed by atoms with E-state index in [0.717, 1.165) is 29.3 Å². The van der Waals surface area contributed by atoms with Gasteiger partial charge in [-0.15, -0.1) is 0 Å². The number of nitrogens with one attached hydrogen (secondary N) is 1. The Morgan fingerprint density at radius 3 is 2.95 bits per heavy atom. The molecule has 0 radical (unpaired) electrons. The van der Waals surface area contributed by atoms with Gasteiger partial charge in [-0.1, -0.05) is 11.6 Å². The standard InChI is InChI=1S/C16H21N3O2/c1-10-6-7-12-11(9-10)14(18-17-12)15(20)19-8-4-5-13(19)16(2,3)21/h6-7,9,13,21H,4-5,8H2,1-3H3,(H,17,18). The quantitative estimate of drug-likeness (QED) is 0.890. The highest BCUT2D eigenvalue weighted by atomic mass is 16.3. The Morgan fingerprint density at radius 2 is 2.24 bits per heavy atom. The smallest absolute Gasteiger partial charge is 0.275 e. The summed E-state index contributed by atoms with van der Waals surface area (Å²) in [5.41, 5.74) is 1.51. The lowest BCUT2D eigenvalue weighted by molar-refractivity contribution is 0.000187. The number of amides is 1. The minimum Gasteiger partial charge on any atom is -0.388 e. The fourth-order valence-electron chi connectivity index (χ4n) is 3.17. The van der Waals surface area contributed by atoms with Crippen molar-refractivity contribution < 1.29 is 9.90 Å². The van der Waals surface area contributed by atoms with Crippen molar-refractivity contribution in [3.8, 4) is 0 Å². The number of hydrogen-bond donors (Lipinski definition) is 2. The number of carbonyl (C=O) groups excluding carboxylic acids is 1. The summed E-state index contributed by atoms with van der Waals surface area (Å²) in [7, 11) is 0. The third kappa shape index (κ3) is 2.42. The predicted molar refractivity (Wildman–Crippen MR) is 81.2 cm³/mol. The molecule has 1 atom stereocenters. The van der Waals surface area contributed by atoms with Crippen LogP contribution in [0.1, 0.15) is 42.7 Å². The molecule has 0 saturated carbocycles. The molecule has 1 amide bonds. The SMILES string of the molecule is Cc1ccc2[nH]nc(C(=O)N3CCCC3C(C)(C)O)c2c1. The summed E-state index contributed by atoms with van der Waals surface area (Å²) in [6.45, 7) is 6.19. The first-order valence-corrected chi connectivity index (χ1v) is 7.36. The first kappa shape index (κ1) is 14.1. The van der Waals surface area contributed by atoms with Crippen LogP contribution in [0.5, 0.6) is 0 Å². The second-order valence-corrected chi connectivity index (χ2v) is 6.43. The van der Waals surface area contributed by atoms with Crippen molar-refractivity contribution in [3.63, 3.8) is 0 Å². The molecule has 5 nitrogen and oxygen atoms in total. The van der Waals surface area contributed by atoms with E-state index in [2.05, 4.69) is 10.2 Å². The van der Waals surface area contributed by atoms with Gasteiger partial charge in [0.15, 0.2) is 5.69 Å². The van der Waals surface area contributed by atoms with Crippen molar-refractivity contribution >= 4 is 16.8 Å². The molecular weight excluding hydrogens is 266 g/mol. The van der Waals surface area contributed by atoms with Gasteiger partial charge >= 0.3 is 0 Å². The van der Waals surface area contributed by atoms with Crippen LogP contribution in [0.15, 0.2) is 18.2 Å². The second kappa shape index (κ2) is 4.84.